The SMILES string of the molecule is CC(C)(C)OCCC(NC(=O)C1Cc2ccccc2O1)C(=O)O. The smallest absolute Gasteiger partial charge is 0.326 e. The van der Waals surface area contributed by atoms with Crippen LogP contribution in [-0.4, -0.2) is 41.3 Å². The fourth-order valence-corrected chi connectivity index (χ4v) is 2.33. The van der Waals surface area contributed by atoms with Gasteiger partial charge < -0.3 is 19.9 Å². The summed E-state index contributed by atoms with van der Waals surface area (Å²) < 4.78 is 11.1. The van der Waals surface area contributed by atoms with Crippen LogP contribution in [0.15, 0.2) is 24.3 Å². The number of carboxylic acid groups (broad SMARTS) is 1. The maximum atomic E-state index is 12.2. The van der Waals surface area contributed by atoms with Crippen molar-refractivity contribution in [1.82, 2.24) is 5.32 Å². The second-order valence-electron chi connectivity index (χ2n) is 6.57. The molecule has 2 unspecified atom stereocenters. The Balaban J connectivity index is 1.88. The van der Waals surface area contributed by atoms with E-state index >= 15 is 0 Å². The topological polar surface area (TPSA) is 84.9 Å². The lowest BCUT2D eigenvalue weighted by molar-refractivity contribution is -0.143. The van der Waals surface area contributed by atoms with E-state index in [0.29, 0.717) is 12.2 Å². The van der Waals surface area contributed by atoms with E-state index in [1.807, 2.05) is 39.0 Å². The number of carbonyl (C=O) groups is 2. The van der Waals surface area contributed by atoms with Crippen LogP contribution < -0.4 is 10.1 Å². The van der Waals surface area contributed by atoms with Crippen LogP contribution in [0.3, 0.4) is 0 Å². The lowest BCUT2D eigenvalue weighted by Crippen LogP contribution is -2.47. The van der Waals surface area contributed by atoms with Crippen LogP contribution in [0.4, 0.5) is 0 Å². The third-order valence-electron chi connectivity index (χ3n) is 3.50. The van der Waals surface area contributed by atoms with Gasteiger partial charge in [-0.05, 0) is 32.4 Å². The number of fused-ring (bicyclic) bond motifs is 1. The van der Waals surface area contributed by atoms with E-state index in [9.17, 15) is 14.7 Å². The molecular formula is C17H23NO5. The summed E-state index contributed by atoms with van der Waals surface area (Å²) >= 11 is 0. The largest absolute Gasteiger partial charge is 0.480 e. The maximum Gasteiger partial charge on any atom is 0.326 e. The zero-order valence-corrected chi connectivity index (χ0v) is 13.7. The van der Waals surface area contributed by atoms with E-state index < -0.39 is 24.0 Å². The standard InChI is InChI=1S/C17H23NO5/c1-17(2,3)22-9-8-12(16(20)21)18-15(19)14-10-11-6-4-5-7-13(11)23-14/h4-7,12,14H,8-10H2,1-3H3,(H,18,19)(H,20,21). The zero-order valence-electron chi connectivity index (χ0n) is 13.7. The highest BCUT2D eigenvalue weighted by molar-refractivity contribution is 5.87. The summed E-state index contributed by atoms with van der Waals surface area (Å²) in [5.74, 6) is -0.814. The van der Waals surface area contributed by atoms with Gasteiger partial charge in [0.1, 0.15) is 11.8 Å². The van der Waals surface area contributed by atoms with Gasteiger partial charge in [0.2, 0.25) is 0 Å². The van der Waals surface area contributed by atoms with Crippen molar-refractivity contribution in [2.24, 2.45) is 0 Å². The van der Waals surface area contributed by atoms with Crippen molar-refractivity contribution < 1.29 is 24.2 Å². The lowest BCUT2D eigenvalue weighted by atomic mass is 10.1. The second kappa shape index (κ2) is 7.00. The Morgan fingerprint density at radius 1 is 1.39 bits per heavy atom. The van der Waals surface area contributed by atoms with Crippen LogP contribution in [0.5, 0.6) is 5.75 Å². The molecule has 6 nitrogen and oxygen atoms in total. The molecule has 2 atom stereocenters. The molecule has 0 aromatic heterocycles. The molecule has 2 N–H and O–H groups in total. The van der Waals surface area contributed by atoms with Crippen molar-refractivity contribution in [3.63, 3.8) is 0 Å². The number of carbonyl (C=O) groups excluding carboxylic acids is 1. The van der Waals surface area contributed by atoms with E-state index in [2.05, 4.69) is 5.32 Å². The summed E-state index contributed by atoms with van der Waals surface area (Å²) in [6.07, 6.45) is -0.0250. The minimum absolute atomic E-state index is 0.206. The first-order valence-corrected chi connectivity index (χ1v) is 7.68. The average Bonchev–Trinajstić information content (AvgIpc) is 2.88. The normalized spacial score (nSPS) is 18.0. The number of amides is 1. The van der Waals surface area contributed by atoms with Crippen LogP contribution in [0.2, 0.25) is 0 Å². The molecule has 1 aliphatic heterocycles. The summed E-state index contributed by atoms with van der Waals surface area (Å²) in [4.78, 5) is 23.6. The van der Waals surface area contributed by atoms with E-state index in [4.69, 9.17) is 9.47 Å². The van der Waals surface area contributed by atoms with Gasteiger partial charge in [-0.25, -0.2) is 4.79 Å². The Kier molecular flexibility index (Phi) is 5.26. The highest BCUT2D eigenvalue weighted by Gasteiger charge is 2.31. The molecule has 23 heavy (non-hydrogen) atoms. The maximum absolute atomic E-state index is 12.2. The molecule has 1 aliphatic rings. The third-order valence-corrected chi connectivity index (χ3v) is 3.50. The molecule has 0 spiro atoms. The number of benzene rings is 1. The minimum atomic E-state index is -1.08. The number of rotatable bonds is 6. The molecule has 0 saturated carbocycles. The van der Waals surface area contributed by atoms with Gasteiger partial charge in [0, 0.05) is 19.4 Å². The fraction of sp³-hybridized carbons (Fsp3) is 0.529. The number of para-hydroxylation sites is 1. The van der Waals surface area contributed by atoms with Crippen LogP contribution in [0.1, 0.15) is 32.8 Å². The van der Waals surface area contributed by atoms with E-state index in [1.165, 1.54) is 0 Å². The van der Waals surface area contributed by atoms with Gasteiger partial charge >= 0.3 is 5.97 Å². The van der Waals surface area contributed by atoms with Crippen molar-refractivity contribution in [3.8, 4) is 5.75 Å². The van der Waals surface area contributed by atoms with Crippen LogP contribution in [0, 0.1) is 0 Å². The summed E-state index contributed by atoms with van der Waals surface area (Å²) in [7, 11) is 0. The van der Waals surface area contributed by atoms with Crippen molar-refractivity contribution in [2.75, 3.05) is 6.61 Å². The highest BCUT2D eigenvalue weighted by atomic mass is 16.5. The minimum Gasteiger partial charge on any atom is -0.480 e. The molecule has 1 heterocycles. The van der Waals surface area contributed by atoms with Gasteiger partial charge in [-0.1, -0.05) is 18.2 Å². The lowest BCUT2D eigenvalue weighted by Gasteiger charge is -2.22. The summed E-state index contributed by atoms with van der Waals surface area (Å²) in [5, 5.41) is 11.8. The molecule has 0 radical (unpaired) electrons. The molecule has 1 amide bonds. The van der Waals surface area contributed by atoms with Gasteiger partial charge in [-0.3, -0.25) is 4.79 Å². The average molecular weight is 321 g/mol. The van der Waals surface area contributed by atoms with Gasteiger partial charge in [0.15, 0.2) is 6.10 Å². The van der Waals surface area contributed by atoms with Crippen LogP contribution in [0.25, 0.3) is 0 Å². The van der Waals surface area contributed by atoms with Crippen LogP contribution >= 0.6 is 0 Å². The number of carboxylic acids is 1. The molecule has 6 heteroatoms. The van der Waals surface area contributed by atoms with Crippen molar-refractivity contribution in [1.29, 1.82) is 0 Å². The molecule has 2 rings (SSSR count). The van der Waals surface area contributed by atoms with E-state index in [-0.39, 0.29) is 18.6 Å². The summed E-state index contributed by atoms with van der Waals surface area (Å²) in [5.41, 5.74) is 0.610. The molecule has 1 aromatic carbocycles. The fourth-order valence-electron chi connectivity index (χ4n) is 2.33. The molecule has 1 aromatic rings. The quantitative estimate of drug-likeness (QED) is 0.834. The van der Waals surface area contributed by atoms with E-state index in [1.54, 1.807) is 6.07 Å². The number of ether oxygens (including phenoxy) is 2. The first kappa shape index (κ1) is 17.3. The predicted molar refractivity (Wildman–Crippen MR) is 84.5 cm³/mol. The number of nitrogens with one attached hydrogen (secondary N) is 1. The van der Waals surface area contributed by atoms with Crippen molar-refractivity contribution in [3.05, 3.63) is 29.8 Å². The second-order valence-corrected chi connectivity index (χ2v) is 6.57. The zero-order chi connectivity index (χ0) is 17.0. The van der Waals surface area contributed by atoms with E-state index in [0.717, 1.165) is 5.56 Å². The molecular weight excluding hydrogens is 298 g/mol. The Morgan fingerprint density at radius 3 is 2.70 bits per heavy atom. The Bertz CT molecular complexity index is 554. The molecule has 126 valence electrons. The monoisotopic (exact) mass is 321 g/mol. The number of hydrogen-bond donors (Lipinski definition) is 2. The third kappa shape index (κ3) is 4.96. The van der Waals surface area contributed by atoms with Crippen LogP contribution in [-0.2, 0) is 20.7 Å². The van der Waals surface area contributed by atoms with Crippen molar-refractivity contribution in [2.45, 2.75) is 51.4 Å². The molecule has 0 fully saturated rings. The first-order chi connectivity index (χ1) is 10.8. The summed E-state index contributed by atoms with van der Waals surface area (Å²) in [6.45, 7) is 5.94. The van der Waals surface area contributed by atoms with Gasteiger partial charge in [0.05, 0.1) is 5.60 Å². The first-order valence-electron chi connectivity index (χ1n) is 7.68. The van der Waals surface area contributed by atoms with Crippen molar-refractivity contribution >= 4 is 11.9 Å². The predicted octanol–water partition coefficient (Wildman–Crippen LogP) is 1.76. The van der Waals surface area contributed by atoms with Gasteiger partial charge in [-0.2, -0.15) is 0 Å². The molecule has 0 bridgehead atoms. The van der Waals surface area contributed by atoms with Gasteiger partial charge in [0.25, 0.3) is 5.91 Å². The Labute approximate surface area is 135 Å². The molecule has 0 saturated heterocycles. The summed E-state index contributed by atoms with van der Waals surface area (Å²) in [6, 6.07) is 6.43. The molecule has 0 aliphatic carbocycles. The Hall–Kier alpha value is -2.08. The van der Waals surface area contributed by atoms with Gasteiger partial charge in [-0.15, -0.1) is 0 Å². The number of aliphatic carboxylic acids is 1. The highest BCUT2D eigenvalue weighted by Crippen LogP contribution is 2.28. The number of hydrogen-bond acceptors (Lipinski definition) is 4. The Morgan fingerprint density at radius 2 is 2.09 bits per heavy atom.